The Morgan fingerprint density at radius 2 is 2.00 bits per heavy atom. The Morgan fingerprint density at radius 1 is 1.41 bits per heavy atom. The normalized spacial score (nSPS) is 15.8. The standard InChI is InChI=1S/C11H22N2O3S/c1-4-6-9(7-8-17(3,15)16)13-11(14)10(12)5-2/h7-10H,4-6,12H2,1-3H3,(H,13,14)/b8-7+/t9-,10?/m0/s1. The van der Waals surface area contributed by atoms with Gasteiger partial charge in [-0.1, -0.05) is 26.3 Å². The summed E-state index contributed by atoms with van der Waals surface area (Å²) in [6.07, 6.45) is 4.71. The van der Waals surface area contributed by atoms with Crippen LogP contribution in [-0.4, -0.2) is 32.7 Å². The van der Waals surface area contributed by atoms with Gasteiger partial charge in [-0.25, -0.2) is 8.42 Å². The molecule has 0 aromatic carbocycles. The lowest BCUT2D eigenvalue weighted by Crippen LogP contribution is -2.44. The first-order chi connectivity index (χ1) is 7.80. The summed E-state index contributed by atoms with van der Waals surface area (Å²) in [5.41, 5.74) is 5.59. The maximum atomic E-state index is 11.6. The minimum Gasteiger partial charge on any atom is -0.349 e. The van der Waals surface area contributed by atoms with Gasteiger partial charge in [-0.15, -0.1) is 0 Å². The molecule has 0 aromatic rings. The van der Waals surface area contributed by atoms with Gasteiger partial charge in [-0.2, -0.15) is 0 Å². The number of carbonyl (C=O) groups excluding carboxylic acids is 1. The number of nitrogens with two attached hydrogens (primary N) is 1. The van der Waals surface area contributed by atoms with Crippen molar-refractivity contribution in [2.75, 3.05) is 6.26 Å². The zero-order valence-electron chi connectivity index (χ0n) is 10.6. The number of amides is 1. The molecule has 100 valence electrons. The maximum absolute atomic E-state index is 11.6. The Morgan fingerprint density at radius 3 is 2.41 bits per heavy atom. The largest absolute Gasteiger partial charge is 0.349 e. The summed E-state index contributed by atoms with van der Waals surface area (Å²) in [6, 6.07) is -0.819. The van der Waals surface area contributed by atoms with Gasteiger partial charge in [0.25, 0.3) is 0 Å². The molecule has 0 saturated heterocycles. The molecule has 5 nitrogen and oxygen atoms in total. The van der Waals surface area contributed by atoms with Gasteiger partial charge in [0, 0.05) is 17.7 Å². The third kappa shape index (κ3) is 7.93. The van der Waals surface area contributed by atoms with Crippen LogP contribution >= 0.6 is 0 Å². The molecule has 0 aliphatic rings. The molecule has 6 heteroatoms. The van der Waals surface area contributed by atoms with Gasteiger partial charge in [0.1, 0.15) is 0 Å². The van der Waals surface area contributed by atoms with Gasteiger partial charge >= 0.3 is 0 Å². The first-order valence-corrected chi connectivity index (χ1v) is 7.69. The van der Waals surface area contributed by atoms with Crippen molar-refractivity contribution in [3.8, 4) is 0 Å². The quantitative estimate of drug-likeness (QED) is 0.702. The summed E-state index contributed by atoms with van der Waals surface area (Å²) in [5.74, 6) is -0.246. The maximum Gasteiger partial charge on any atom is 0.237 e. The highest BCUT2D eigenvalue weighted by molar-refractivity contribution is 7.93. The van der Waals surface area contributed by atoms with Gasteiger partial charge in [-0.05, 0) is 12.8 Å². The summed E-state index contributed by atoms with van der Waals surface area (Å²) < 4.78 is 22.0. The first-order valence-electron chi connectivity index (χ1n) is 5.74. The lowest BCUT2D eigenvalue weighted by molar-refractivity contribution is -0.122. The van der Waals surface area contributed by atoms with Crippen LogP contribution in [-0.2, 0) is 14.6 Å². The van der Waals surface area contributed by atoms with Crippen LogP contribution in [0.25, 0.3) is 0 Å². The van der Waals surface area contributed by atoms with Crippen molar-refractivity contribution in [2.24, 2.45) is 5.73 Å². The monoisotopic (exact) mass is 262 g/mol. The SMILES string of the molecule is CCC[C@@H](/C=C/S(C)(=O)=O)NC(=O)C(N)CC. The second-order valence-corrected chi connectivity index (χ2v) is 6.01. The van der Waals surface area contributed by atoms with Gasteiger partial charge in [0.2, 0.25) is 5.91 Å². The summed E-state index contributed by atoms with van der Waals surface area (Å²) in [6.45, 7) is 3.79. The third-order valence-corrected chi connectivity index (χ3v) is 2.91. The molecule has 0 saturated carbocycles. The zero-order valence-corrected chi connectivity index (χ0v) is 11.5. The second-order valence-electron chi connectivity index (χ2n) is 4.08. The van der Waals surface area contributed by atoms with Gasteiger partial charge in [0.05, 0.1) is 6.04 Å². The predicted molar refractivity (Wildman–Crippen MR) is 69.1 cm³/mol. The summed E-state index contributed by atoms with van der Waals surface area (Å²) in [4.78, 5) is 11.6. The molecule has 0 aliphatic carbocycles. The molecule has 0 aliphatic heterocycles. The Balaban J connectivity index is 4.54. The summed E-state index contributed by atoms with van der Waals surface area (Å²) >= 11 is 0. The average Bonchev–Trinajstić information content (AvgIpc) is 2.23. The molecule has 3 N–H and O–H groups in total. The van der Waals surface area contributed by atoms with E-state index in [-0.39, 0.29) is 11.9 Å². The molecule has 0 rings (SSSR count). The molecule has 0 spiro atoms. The van der Waals surface area contributed by atoms with Crippen LogP contribution in [0.1, 0.15) is 33.1 Å². The second kappa shape index (κ2) is 7.45. The minimum atomic E-state index is -3.16. The highest BCUT2D eigenvalue weighted by Gasteiger charge is 2.14. The lowest BCUT2D eigenvalue weighted by Gasteiger charge is -2.16. The molecule has 0 fully saturated rings. The van der Waals surface area contributed by atoms with E-state index in [0.29, 0.717) is 12.8 Å². The summed E-state index contributed by atoms with van der Waals surface area (Å²) in [5, 5.41) is 3.84. The van der Waals surface area contributed by atoms with Crippen molar-refractivity contribution in [1.82, 2.24) is 5.32 Å². The Kier molecular flexibility index (Phi) is 7.06. The minimum absolute atomic E-state index is 0.246. The van der Waals surface area contributed by atoms with E-state index in [1.807, 2.05) is 13.8 Å². The van der Waals surface area contributed by atoms with Crippen molar-refractivity contribution >= 4 is 15.7 Å². The van der Waals surface area contributed by atoms with Gasteiger partial charge < -0.3 is 11.1 Å². The van der Waals surface area contributed by atoms with Crippen molar-refractivity contribution in [2.45, 2.75) is 45.2 Å². The van der Waals surface area contributed by atoms with Crippen LogP contribution in [0, 0.1) is 0 Å². The number of carbonyl (C=O) groups is 1. The van der Waals surface area contributed by atoms with Crippen LogP contribution in [0.2, 0.25) is 0 Å². The number of rotatable bonds is 7. The van der Waals surface area contributed by atoms with E-state index in [1.54, 1.807) is 0 Å². The van der Waals surface area contributed by atoms with Crippen LogP contribution in [0.5, 0.6) is 0 Å². The summed E-state index contributed by atoms with van der Waals surface area (Å²) in [7, 11) is -3.16. The highest BCUT2D eigenvalue weighted by Crippen LogP contribution is 2.01. The molecule has 2 atom stereocenters. The Hall–Kier alpha value is -0.880. The van der Waals surface area contributed by atoms with Gasteiger partial charge in [-0.3, -0.25) is 4.79 Å². The third-order valence-electron chi connectivity index (χ3n) is 2.26. The first kappa shape index (κ1) is 16.1. The van der Waals surface area contributed by atoms with Crippen molar-refractivity contribution < 1.29 is 13.2 Å². The van der Waals surface area contributed by atoms with Crippen molar-refractivity contribution in [3.05, 3.63) is 11.5 Å². The van der Waals surface area contributed by atoms with E-state index in [0.717, 1.165) is 18.1 Å². The number of hydrogen-bond acceptors (Lipinski definition) is 4. The topological polar surface area (TPSA) is 89.3 Å². The van der Waals surface area contributed by atoms with Crippen LogP contribution in [0.3, 0.4) is 0 Å². The highest BCUT2D eigenvalue weighted by atomic mass is 32.2. The molecule has 0 heterocycles. The average molecular weight is 262 g/mol. The molecular weight excluding hydrogens is 240 g/mol. The zero-order chi connectivity index (χ0) is 13.5. The fourth-order valence-electron chi connectivity index (χ4n) is 1.24. The Bertz CT molecular complexity index is 363. The van der Waals surface area contributed by atoms with Crippen molar-refractivity contribution in [3.63, 3.8) is 0 Å². The molecule has 0 aromatic heterocycles. The predicted octanol–water partition coefficient (Wildman–Crippen LogP) is 0.567. The molecule has 0 bridgehead atoms. The lowest BCUT2D eigenvalue weighted by atomic mass is 10.1. The Labute approximate surface area is 103 Å². The van der Waals surface area contributed by atoms with E-state index < -0.39 is 15.9 Å². The van der Waals surface area contributed by atoms with Crippen LogP contribution in [0.15, 0.2) is 11.5 Å². The van der Waals surface area contributed by atoms with Crippen molar-refractivity contribution in [1.29, 1.82) is 0 Å². The van der Waals surface area contributed by atoms with Crippen LogP contribution in [0.4, 0.5) is 0 Å². The molecule has 1 amide bonds. The molecular formula is C11H22N2O3S. The smallest absolute Gasteiger partial charge is 0.237 e. The fraction of sp³-hybridized carbons (Fsp3) is 0.727. The molecule has 1 unspecified atom stereocenters. The van der Waals surface area contributed by atoms with E-state index in [4.69, 9.17) is 5.73 Å². The van der Waals surface area contributed by atoms with Crippen LogP contribution < -0.4 is 11.1 Å². The van der Waals surface area contributed by atoms with E-state index in [9.17, 15) is 13.2 Å². The fourth-order valence-corrected chi connectivity index (χ4v) is 1.72. The van der Waals surface area contributed by atoms with E-state index in [2.05, 4.69) is 5.32 Å². The van der Waals surface area contributed by atoms with Gasteiger partial charge in [0.15, 0.2) is 9.84 Å². The van der Waals surface area contributed by atoms with E-state index >= 15 is 0 Å². The number of nitrogens with one attached hydrogen (secondary N) is 1. The molecule has 0 radical (unpaired) electrons. The number of hydrogen-bond donors (Lipinski definition) is 2. The molecule has 17 heavy (non-hydrogen) atoms. The van der Waals surface area contributed by atoms with E-state index in [1.165, 1.54) is 6.08 Å². The number of sulfone groups is 1.